The molecule has 2 aromatic heterocycles. The standard InChI is InChI=1S/C26H27FN6O2/c1-18-24-25(33(29-18)21-6-4-3-5-7-21)30(2)26(35)22(28-24)12-13-23(34)32-16-14-31(15-17-32)20-10-8-19(27)9-11-20/h3-11H,12-17H2,1-2H3. The van der Waals surface area contributed by atoms with Crippen LogP contribution >= 0.6 is 0 Å². The van der Waals surface area contributed by atoms with Crippen LogP contribution in [0.4, 0.5) is 10.1 Å². The number of anilines is 1. The lowest BCUT2D eigenvalue weighted by Crippen LogP contribution is -2.49. The van der Waals surface area contributed by atoms with Crippen LogP contribution in [0, 0.1) is 12.7 Å². The van der Waals surface area contributed by atoms with Crippen LogP contribution < -0.4 is 10.5 Å². The van der Waals surface area contributed by atoms with Gasteiger partial charge in [0, 0.05) is 51.8 Å². The molecule has 2 aromatic carbocycles. The van der Waals surface area contributed by atoms with Crippen molar-refractivity contribution in [1.82, 2.24) is 24.2 Å². The molecule has 1 aliphatic heterocycles. The molecule has 180 valence electrons. The SMILES string of the molecule is Cc1nn(-c2ccccc2)c2c1nc(CCC(=O)N1CCN(c3ccc(F)cc3)CC1)c(=O)n2C. The second-order valence-corrected chi connectivity index (χ2v) is 8.77. The van der Waals surface area contributed by atoms with Crippen LogP contribution in [-0.2, 0) is 18.3 Å². The number of aromatic nitrogens is 4. The maximum absolute atomic E-state index is 13.2. The molecule has 0 bridgehead atoms. The molecule has 1 aliphatic rings. The number of carbonyl (C=O) groups is 1. The smallest absolute Gasteiger partial charge is 0.273 e. The van der Waals surface area contributed by atoms with Crippen LogP contribution in [0.15, 0.2) is 59.4 Å². The van der Waals surface area contributed by atoms with Crippen molar-refractivity contribution in [2.75, 3.05) is 31.1 Å². The van der Waals surface area contributed by atoms with Crippen molar-refractivity contribution in [3.63, 3.8) is 0 Å². The number of hydrogen-bond donors (Lipinski definition) is 0. The van der Waals surface area contributed by atoms with E-state index in [1.807, 2.05) is 42.2 Å². The number of nitrogens with zero attached hydrogens (tertiary/aromatic N) is 6. The van der Waals surface area contributed by atoms with Gasteiger partial charge in [-0.25, -0.2) is 14.1 Å². The predicted molar refractivity (Wildman–Crippen MR) is 132 cm³/mol. The van der Waals surface area contributed by atoms with E-state index >= 15 is 0 Å². The molecule has 0 saturated carbocycles. The van der Waals surface area contributed by atoms with E-state index in [9.17, 15) is 14.0 Å². The van der Waals surface area contributed by atoms with Crippen molar-refractivity contribution < 1.29 is 9.18 Å². The number of halogens is 1. The summed E-state index contributed by atoms with van der Waals surface area (Å²) in [5.74, 6) is -0.257. The molecular formula is C26H27FN6O2. The van der Waals surface area contributed by atoms with Crippen LogP contribution in [-0.4, -0.2) is 56.3 Å². The highest BCUT2D eigenvalue weighted by Gasteiger charge is 2.23. The zero-order valence-electron chi connectivity index (χ0n) is 19.8. The lowest BCUT2D eigenvalue weighted by Gasteiger charge is -2.36. The molecule has 3 heterocycles. The highest BCUT2D eigenvalue weighted by atomic mass is 19.1. The zero-order chi connectivity index (χ0) is 24.5. The first-order chi connectivity index (χ1) is 16.9. The summed E-state index contributed by atoms with van der Waals surface area (Å²) in [6.45, 7) is 4.41. The number of aryl methyl sites for hydroxylation is 3. The third-order valence-corrected chi connectivity index (χ3v) is 6.52. The van der Waals surface area contributed by atoms with E-state index in [0.29, 0.717) is 43.0 Å². The predicted octanol–water partition coefficient (Wildman–Crippen LogP) is 2.85. The largest absolute Gasteiger partial charge is 0.368 e. The van der Waals surface area contributed by atoms with E-state index < -0.39 is 0 Å². The number of piperazine rings is 1. The molecule has 0 aliphatic carbocycles. The summed E-state index contributed by atoms with van der Waals surface area (Å²) in [6.07, 6.45) is 0.492. The van der Waals surface area contributed by atoms with Crippen molar-refractivity contribution in [3.8, 4) is 5.69 Å². The van der Waals surface area contributed by atoms with Crippen molar-refractivity contribution in [1.29, 1.82) is 0 Å². The van der Waals surface area contributed by atoms with Gasteiger partial charge in [-0.2, -0.15) is 5.10 Å². The summed E-state index contributed by atoms with van der Waals surface area (Å²) in [5.41, 5.74) is 3.97. The molecule has 1 saturated heterocycles. The number of fused-ring (bicyclic) bond motifs is 1. The summed E-state index contributed by atoms with van der Waals surface area (Å²) < 4.78 is 16.5. The molecule has 35 heavy (non-hydrogen) atoms. The van der Waals surface area contributed by atoms with Gasteiger partial charge in [0.2, 0.25) is 5.91 Å². The minimum atomic E-state index is -0.261. The Morgan fingerprint density at radius 2 is 1.66 bits per heavy atom. The first-order valence-corrected chi connectivity index (χ1v) is 11.7. The Hall–Kier alpha value is -4.01. The first-order valence-electron chi connectivity index (χ1n) is 11.7. The van der Waals surface area contributed by atoms with Crippen molar-refractivity contribution >= 4 is 22.8 Å². The molecule has 9 heteroatoms. The molecule has 0 unspecified atom stereocenters. The lowest BCUT2D eigenvalue weighted by molar-refractivity contribution is -0.131. The van der Waals surface area contributed by atoms with Gasteiger partial charge in [0.05, 0.1) is 11.4 Å². The van der Waals surface area contributed by atoms with Crippen LogP contribution in [0.2, 0.25) is 0 Å². The Labute approximate surface area is 202 Å². The molecule has 0 atom stereocenters. The second kappa shape index (κ2) is 9.32. The van der Waals surface area contributed by atoms with Gasteiger partial charge in [-0.3, -0.25) is 14.2 Å². The van der Waals surface area contributed by atoms with Crippen LogP contribution in [0.3, 0.4) is 0 Å². The van der Waals surface area contributed by atoms with Gasteiger partial charge < -0.3 is 9.80 Å². The highest BCUT2D eigenvalue weighted by Crippen LogP contribution is 2.20. The van der Waals surface area contributed by atoms with E-state index in [0.717, 1.165) is 17.1 Å². The van der Waals surface area contributed by atoms with Crippen molar-refractivity contribution in [2.24, 2.45) is 7.05 Å². The maximum atomic E-state index is 13.2. The Morgan fingerprint density at radius 1 is 0.971 bits per heavy atom. The van der Waals surface area contributed by atoms with Crippen molar-refractivity contribution in [3.05, 3.63) is 82.2 Å². The lowest BCUT2D eigenvalue weighted by atomic mass is 10.2. The Balaban J connectivity index is 1.28. The molecule has 1 amide bonds. The second-order valence-electron chi connectivity index (χ2n) is 8.77. The van der Waals surface area contributed by atoms with Crippen LogP contribution in [0.5, 0.6) is 0 Å². The van der Waals surface area contributed by atoms with Gasteiger partial charge in [-0.15, -0.1) is 0 Å². The van der Waals surface area contributed by atoms with Gasteiger partial charge in [-0.05, 0) is 43.3 Å². The fraction of sp³-hybridized carbons (Fsp3) is 0.308. The van der Waals surface area contributed by atoms with Crippen molar-refractivity contribution in [2.45, 2.75) is 19.8 Å². The summed E-state index contributed by atoms with van der Waals surface area (Å²) in [6, 6.07) is 16.0. The fourth-order valence-electron chi connectivity index (χ4n) is 4.57. The Morgan fingerprint density at radius 3 is 2.34 bits per heavy atom. The summed E-state index contributed by atoms with van der Waals surface area (Å²) >= 11 is 0. The van der Waals surface area contributed by atoms with Gasteiger partial charge >= 0.3 is 0 Å². The van der Waals surface area contributed by atoms with E-state index in [4.69, 9.17) is 0 Å². The van der Waals surface area contributed by atoms with Crippen LogP contribution in [0.25, 0.3) is 16.9 Å². The molecule has 8 nitrogen and oxygen atoms in total. The van der Waals surface area contributed by atoms with Gasteiger partial charge in [0.15, 0.2) is 5.65 Å². The minimum Gasteiger partial charge on any atom is -0.368 e. The van der Waals surface area contributed by atoms with Crippen LogP contribution in [0.1, 0.15) is 17.8 Å². The van der Waals surface area contributed by atoms with E-state index in [-0.39, 0.29) is 30.1 Å². The molecule has 1 fully saturated rings. The number of benzene rings is 2. The molecule has 5 rings (SSSR count). The van der Waals surface area contributed by atoms with E-state index in [1.165, 1.54) is 12.1 Å². The molecule has 0 spiro atoms. The summed E-state index contributed by atoms with van der Waals surface area (Å²) in [7, 11) is 1.72. The first kappa shape index (κ1) is 22.8. The van der Waals surface area contributed by atoms with Gasteiger partial charge in [-0.1, -0.05) is 18.2 Å². The number of carbonyl (C=O) groups excluding carboxylic acids is 1. The summed E-state index contributed by atoms with van der Waals surface area (Å²) in [4.78, 5) is 34.6. The molecule has 4 aromatic rings. The van der Waals surface area contributed by atoms with E-state index in [1.54, 1.807) is 28.4 Å². The monoisotopic (exact) mass is 474 g/mol. The normalized spacial score (nSPS) is 14.0. The molecule has 0 radical (unpaired) electrons. The van der Waals surface area contributed by atoms with Gasteiger partial charge in [0.1, 0.15) is 17.0 Å². The Kier molecular flexibility index (Phi) is 6.07. The Bertz CT molecular complexity index is 1420. The molecular weight excluding hydrogens is 447 g/mol. The van der Waals surface area contributed by atoms with E-state index in [2.05, 4.69) is 15.0 Å². The van der Waals surface area contributed by atoms with Gasteiger partial charge in [0.25, 0.3) is 5.56 Å². The average molecular weight is 475 g/mol. The topological polar surface area (TPSA) is 76.3 Å². The quantitative estimate of drug-likeness (QED) is 0.445. The number of para-hydroxylation sites is 1. The number of hydrogen-bond acceptors (Lipinski definition) is 5. The number of amides is 1. The highest BCUT2D eigenvalue weighted by molar-refractivity contribution is 5.78. The zero-order valence-corrected chi connectivity index (χ0v) is 19.8. The molecule has 0 N–H and O–H groups in total. The average Bonchev–Trinajstić information content (AvgIpc) is 3.22. The maximum Gasteiger partial charge on any atom is 0.273 e. The third-order valence-electron chi connectivity index (χ3n) is 6.52. The fourth-order valence-corrected chi connectivity index (χ4v) is 4.57. The summed E-state index contributed by atoms with van der Waals surface area (Å²) in [5, 5.41) is 4.60. The third kappa shape index (κ3) is 4.41. The minimum absolute atomic E-state index is 0.00408. The number of rotatable bonds is 5.